The lowest BCUT2D eigenvalue weighted by atomic mass is 10.00. The Labute approximate surface area is 216 Å². The van der Waals surface area contributed by atoms with Gasteiger partial charge in [-0.1, -0.05) is 29.8 Å². The lowest BCUT2D eigenvalue weighted by Gasteiger charge is -2.17. The van der Waals surface area contributed by atoms with Crippen molar-refractivity contribution in [3.63, 3.8) is 0 Å². The maximum Gasteiger partial charge on any atom is 0.417 e. The van der Waals surface area contributed by atoms with E-state index >= 15 is 0 Å². The number of benzene rings is 2. The van der Waals surface area contributed by atoms with Crippen molar-refractivity contribution in [1.82, 2.24) is 9.13 Å². The number of halogens is 4. The Morgan fingerprint density at radius 2 is 1.89 bits per heavy atom. The van der Waals surface area contributed by atoms with Crippen LogP contribution in [0.3, 0.4) is 0 Å². The predicted octanol–water partition coefficient (Wildman–Crippen LogP) is 4.22. The fraction of sp³-hybridized carbons (Fsp3) is 0.292. The van der Waals surface area contributed by atoms with Gasteiger partial charge in [-0.3, -0.25) is 13.9 Å². The fourth-order valence-corrected chi connectivity index (χ4v) is 5.28. The number of esters is 1. The average Bonchev–Trinajstić information content (AvgIpc) is 3.04. The van der Waals surface area contributed by atoms with Crippen LogP contribution in [0.25, 0.3) is 5.69 Å². The quantitative estimate of drug-likeness (QED) is 0.475. The normalized spacial score (nSPS) is 16.2. The van der Waals surface area contributed by atoms with E-state index in [0.717, 1.165) is 28.5 Å². The molecule has 1 atom stereocenters. The standard InChI is InChI=1S/C24H21ClF3N3O5S/c1-4-36-21(33)15-12-30(14-8-9-16-18(10-14)29-37(35)23(16,2)3)22(34)31(20(15)32)11-13-6-5-7-17(19(13)25)24(26,27)28/h5-10,12,29H,4,11H2,1-3H3. The van der Waals surface area contributed by atoms with E-state index in [-0.39, 0.29) is 17.9 Å². The second kappa shape index (κ2) is 9.49. The number of carbonyl (C=O) groups excluding carboxylic acids is 1. The molecule has 2 heterocycles. The third-order valence-corrected chi connectivity index (χ3v) is 7.97. The number of nitrogens with zero attached hydrogens (tertiary/aromatic N) is 2. The lowest BCUT2D eigenvalue weighted by molar-refractivity contribution is -0.137. The Bertz CT molecular complexity index is 1560. The number of anilines is 1. The molecule has 13 heteroatoms. The zero-order valence-corrected chi connectivity index (χ0v) is 21.4. The van der Waals surface area contributed by atoms with Crippen LogP contribution in [-0.4, -0.2) is 25.9 Å². The second-order valence-electron chi connectivity index (χ2n) is 8.69. The number of hydrogen-bond acceptors (Lipinski definition) is 5. The minimum atomic E-state index is -4.75. The molecule has 2 aromatic carbocycles. The maximum atomic E-state index is 13.4. The molecule has 0 spiro atoms. The molecule has 0 fully saturated rings. The third kappa shape index (κ3) is 4.71. The van der Waals surface area contributed by atoms with Crippen LogP contribution in [0.5, 0.6) is 0 Å². The molecule has 1 aliphatic rings. The highest BCUT2D eigenvalue weighted by molar-refractivity contribution is 7.87. The van der Waals surface area contributed by atoms with E-state index in [9.17, 15) is 31.8 Å². The first-order valence-electron chi connectivity index (χ1n) is 11.0. The van der Waals surface area contributed by atoms with E-state index in [2.05, 4.69) is 4.72 Å². The van der Waals surface area contributed by atoms with Gasteiger partial charge >= 0.3 is 17.8 Å². The minimum Gasteiger partial charge on any atom is -0.462 e. The molecular weight excluding hydrogens is 535 g/mol. The average molecular weight is 556 g/mol. The van der Waals surface area contributed by atoms with Gasteiger partial charge in [0.05, 0.1) is 39.9 Å². The predicted molar refractivity (Wildman–Crippen MR) is 133 cm³/mol. The van der Waals surface area contributed by atoms with E-state index in [4.69, 9.17) is 16.3 Å². The topological polar surface area (TPSA) is 99.4 Å². The van der Waals surface area contributed by atoms with Crippen LogP contribution in [0.15, 0.2) is 52.2 Å². The van der Waals surface area contributed by atoms with Crippen molar-refractivity contribution in [3.8, 4) is 5.69 Å². The number of alkyl halides is 3. The Balaban J connectivity index is 1.92. The largest absolute Gasteiger partial charge is 0.462 e. The molecule has 4 rings (SSSR count). The third-order valence-electron chi connectivity index (χ3n) is 5.97. The van der Waals surface area contributed by atoms with E-state index in [1.807, 2.05) is 0 Å². The van der Waals surface area contributed by atoms with Gasteiger partial charge in [-0.05, 0) is 50.1 Å². The van der Waals surface area contributed by atoms with Crippen molar-refractivity contribution < 1.29 is 26.9 Å². The summed E-state index contributed by atoms with van der Waals surface area (Å²) in [7, 11) is -1.43. The maximum absolute atomic E-state index is 13.4. The Morgan fingerprint density at radius 3 is 2.54 bits per heavy atom. The van der Waals surface area contributed by atoms with Crippen molar-refractivity contribution in [3.05, 3.63) is 90.7 Å². The van der Waals surface area contributed by atoms with Crippen molar-refractivity contribution in [1.29, 1.82) is 0 Å². The monoisotopic (exact) mass is 555 g/mol. The molecule has 3 aromatic rings. The van der Waals surface area contributed by atoms with Crippen LogP contribution in [-0.2, 0) is 33.2 Å². The summed E-state index contributed by atoms with van der Waals surface area (Å²) in [6.07, 6.45) is -3.73. The first-order chi connectivity index (χ1) is 17.3. The van der Waals surface area contributed by atoms with Crippen molar-refractivity contribution in [2.24, 2.45) is 0 Å². The minimum absolute atomic E-state index is 0.0550. The second-order valence-corrected chi connectivity index (χ2v) is 10.8. The van der Waals surface area contributed by atoms with Crippen LogP contribution in [0.2, 0.25) is 5.02 Å². The molecule has 0 aliphatic carbocycles. The van der Waals surface area contributed by atoms with Crippen LogP contribution in [0.4, 0.5) is 18.9 Å². The molecule has 1 aliphatic heterocycles. The number of ether oxygens (including phenoxy) is 1. The molecule has 37 heavy (non-hydrogen) atoms. The SMILES string of the molecule is CCOC(=O)c1cn(-c2ccc3c(c2)NS(=O)C3(C)C)c(=O)n(Cc2cccc(C(F)(F)F)c2Cl)c1=O. The number of rotatable bonds is 5. The zero-order valence-electron chi connectivity index (χ0n) is 19.8. The van der Waals surface area contributed by atoms with Crippen LogP contribution >= 0.6 is 11.6 Å². The first-order valence-corrected chi connectivity index (χ1v) is 12.5. The first kappa shape index (κ1) is 26.7. The van der Waals surface area contributed by atoms with Gasteiger partial charge in [-0.25, -0.2) is 13.8 Å². The summed E-state index contributed by atoms with van der Waals surface area (Å²) in [5.74, 6) is -1.01. The van der Waals surface area contributed by atoms with Gasteiger partial charge < -0.3 is 9.46 Å². The summed E-state index contributed by atoms with van der Waals surface area (Å²) in [4.78, 5) is 39.1. The summed E-state index contributed by atoms with van der Waals surface area (Å²) in [5, 5.41) is -0.666. The number of hydrogen-bond donors (Lipinski definition) is 1. The molecule has 0 bridgehead atoms. The molecule has 0 radical (unpaired) electrons. The Hall–Kier alpha value is -3.38. The molecule has 0 saturated carbocycles. The van der Waals surface area contributed by atoms with Gasteiger partial charge in [-0.2, -0.15) is 13.2 Å². The summed E-state index contributed by atoms with van der Waals surface area (Å²) in [5.41, 5.74) is -2.29. The van der Waals surface area contributed by atoms with Gasteiger partial charge in [0.2, 0.25) is 0 Å². The fourth-order valence-electron chi connectivity index (χ4n) is 3.99. The molecule has 0 saturated heterocycles. The Morgan fingerprint density at radius 1 is 1.19 bits per heavy atom. The van der Waals surface area contributed by atoms with E-state index in [1.165, 1.54) is 19.1 Å². The highest BCUT2D eigenvalue weighted by atomic mass is 35.5. The van der Waals surface area contributed by atoms with Gasteiger partial charge in [0.15, 0.2) is 0 Å². The molecule has 1 aromatic heterocycles. The summed E-state index contributed by atoms with van der Waals surface area (Å²) in [6, 6.07) is 7.89. The number of carbonyl (C=O) groups is 1. The lowest BCUT2D eigenvalue weighted by Crippen LogP contribution is -2.42. The van der Waals surface area contributed by atoms with Gasteiger partial charge in [0.1, 0.15) is 16.5 Å². The smallest absolute Gasteiger partial charge is 0.417 e. The highest BCUT2D eigenvalue weighted by Crippen LogP contribution is 2.40. The summed E-state index contributed by atoms with van der Waals surface area (Å²) < 4.78 is 61.2. The Kier molecular flexibility index (Phi) is 6.84. The van der Waals surface area contributed by atoms with Gasteiger partial charge in [-0.15, -0.1) is 0 Å². The molecular formula is C24H21ClF3N3O5S. The number of aromatic nitrogens is 2. The number of nitrogens with one attached hydrogen (secondary N) is 1. The van der Waals surface area contributed by atoms with Gasteiger partial charge in [0, 0.05) is 6.20 Å². The highest BCUT2D eigenvalue weighted by Gasteiger charge is 2.37. The van der Waals surface area contributed by atoms with Crippen LogP contribution in [0, 0.1) is 0 Å². The molecule has 1 N–H and O–H groups in total. The van der Waals surface area contributed by atoms with Crippen molar-refractivity contribution in [2.45, 2.75) is 38.2 Å². The van der Waals surface area contributed by atoms with E-state index in [1.54, 1.807) is 26.0 Å². The molecule has 0 amide bonds. The molecule has 8 nitrogen and oxygen atoms in total. The summed E-state index contributed by atoms with van der Waals surface area (Å²) in [6.45, 7) is 4.41. The summed E-state index contributed by atoms with van der Waals surface area (Å²) >= 11 is 5.99. The molecule has 1 unspecified atom stereocenters. The van der Waals surface area contributed by atoms with Crippen LogP contribution < -0.4 is 16.0 Å². The van der Waals surface area contributed by atoms with E-state index < -0.39 is 61.8 Å². The van der Waals surface area contributed by atoms with Crippen molar-refractivity contribution >= 4 is 34.2 Å². The van der Waals surface area contributed by atoms with Crippen LogP contribution in [0.1, 0.15) is 47.8 Å². The molecule has 196 valence electrons. The zero-order chi connectivity index (χ0) is 27.3. The van der Waals surface area contributed by atoms with E-state index in [0.29, 0.717) is 10.3 Å². The number of fused-ring (bicyclic) bond motifs is 1. The van der Waals surface area contributed by atoms with Crippen molar-refractivity contribution in [2.75, 3.05) is 11.3 Å². The van der Waals surface area contributed by atoms with Gasteiger partial charge in [0.25, 0.3) is 5.56 Å².